The summed E-state index contributed by atoms with van der Waals surface area (Å²) in [5, 5.41) is 4.56. The minimum Gasteiger partial charge on any atom is -0.366 e. The Morgan fingerprint density at radius 2 is 2.33 bits per heavy atom. The van der Waals surface area contributed by atoms with Crippen LogP contribution in [0.2, 0.25) is 0 Å². The van der Waals surface area contributed by atoms with Crippen LogP contribution in [-0.4, -0.2) is 24.0 Å². The molecule has 1 aliphatic carbocycles. The van der Waals surface area contributed by atoms with Gasteiger partial charge in [-0.2, -0.15) is 0 Å². The third-order valence-electron chi connectivity index (χ3n) is 3.88. The van der Waals surface area contributed by atoms with E-state index < -0.39 is 0 Å². The van der Waals surface area contributed by atoms with Crippen LogP contribution in [0.1, 0.15) is 28.0 Å². The Balaban J connectivity index is 2.11. The number of nitrogens with one attached hydrogen (secondary N) is 2. The molecule has 0 radical (unpaired) electrons. The van der Waals surface area contributed by atoms with Crippen LogP contribution in [0.5, 0.6) is 0 Å². The maximum absolute atomic E-state index is 11.2. The van der Waals surface area contributed by atoms with E-state index in [-0.39, 0.29) is 5.91 Å². The number of amides is 1. The molecular formula is C14H17N3O. The third-order valence-corrected chi connectivity index (χ3v) is 3.88. The molecule has 18 heavy (non-hydrogen) atoms. The summed E-state index contributed by atoms with van der Waals surface area (Å²) in [4.78, 5) is 14.6. The van der Waals surface area contributed by atoms with Crippen molar-refractivity contribution < 1.29 is 4.79 Å². The van der Waals surface area contributed by atoms with Crippen molar-refractivity contribution >= 4 is 16.8 Å². The molecule has 0 bridgehead atoms. The number of likely N-dealkylation sites (N-methyl/N-ethyl adjacent to an activating group) is 1. The normalized spacial score (nSPS) is 18.8. The molecule has 0 saturated carbocycles. The van der Waals surface area contributed by atoms with Gasteiger partial charge in [0.15, 0.2) is 0 Å². The highest BCUT2D eigenvalue weighted by atomic mass is 16.1. The first-order valence-corrected chi connectivity index (χ1v) is 6.29. The molecule has 1 aliphatic rings. The van der Waals surface area contributed by atoms with Crippen molar-refractivity contribution in [3.05, 3.63) is 35.0 Å². The fourth-order valence-corrected chi connectivity index (χ4v) is 2.82. The average molecular weight is 243 g/mol. The molecule has 1 aromatic heterocycles. The molecule has 0 saturated heterocycles. The highest BCUT2D eigenvalue weighted by Gasteiger charge is 2.21. The van der Waals surface area contributed by atoms with Crippen molar-refractivity contribution in [3.63, 3.8) is 0 Å². The molecule has 0 spiro atoms. The largest absolute Gasteiger partial charge is 0.366 e. The summed E-state index contributed by atoms with van der Waals surface area (Å²) in [6.07, 6.45) is 3.25. The van der Waals surface area contributed by atoms with Gasteiger partial charge in [-0.1, -0.05) is 6.07 Å². The van der Waals surface area contributed by atoms with E-state index in [4.69, 9.17) is 5.73 Å². The van der Waals surface area contributed by atoms with Gasteiger partial charge < -0.3 is 16.0 Å². The Kier molecular flexibility index (Phi) is 2.59. The molecule has 0 aliphatic heterocycles. The Bertz CT molecular complexity index is 615. The molecule has 4 N–H and O–H groups in total. The number of carbonyl (C=O) groups is 1. The molecule has 3 rings (SSSR count). The van der Waals surface area contributed by atoms with Crippen LogP contribution in [0.25, 0.3) is 10.9 Å². The highest BCUT2D eigenvalue weighted by molar-refractivity contribution is 5.97. The van der Waals surface area contributed by atoms with E-state index in [1.165, 1.54) is 16.6 Å². The highest BCUT2D eigenvalue weighted by Crippen LogP contribution is 2.29. The van der Waals surface area contributed by atoms with Crippen molar-refractivity contribution in [1.82, 2.24) is 10.3 Å². The summed E-state index contributed by atoms with van der Waals surface area (Å²) in [6.45, 7) is 0. The van der Waals surface area contributed by atoms with E-state index in [9.17, 15) is 4.79 Å². The van der Waals surface area contributed by atoms with Crippen molar-refractivity contribution in [2.45, 2.75) is 25.3 Å². The topological polar surface area (TPSA) is 70.9 Å². The molecular weight excluding hydrogens is 226 g/mol. The van der Waals surface area contributed by atoms with Crippen LogP contribution in [-0.2, 0) is 12.8 Å². The molecule has 0 fully saturated rings. The predicted octanol–water partition coefficient (Wildman–Crippen LogP) is 1.34. The first-order chi connectivity index (χ1) is 8.69. The minimum atomic E-state index is -0.377. The summed E-state index contributed by atoms with van der Waals surface area (Å²) in [7, 11) is 2.01. The van der Waals surface area contributed by atoms with Crippen molar-refractivity contribution in [1.29, 1.82) is 0 Å². The number of hydrogen-bond donors (Lipinski definition) is 3. The molecule has 2 aromatic rings. The van der Waals surface area contributed by atoms with E-state index >= 15 is 0 Å². The number of benzene rings is 1. The number of aryl methyl sites for hydroxylation is 1. The Morgan fingerprint density at radius 1 is 1.50 bits per heavy atom. The standard InChI is InChI=1S/C14H17N3O/c1-16-9-3-5-12-11(7-9)10-4-2-8(14(15)18)6-13(10)17-12/h2,4,6,9,16-17H,3,5,7H2,1H3,(H2,15,18). The molecule has 1 aromatic carbocycles. The molecule has 94 valence electrons. The summed E-state index contributed by atoms with van der Waals surface area (Å²) in [6, 6.07) is 6.21. The van der Waals surface area contributed by atoms with Crippen LogP contribution in [0.4, 0.5) is 0 Å². The maximum atomic E-state index is 11.2. The summed E-state index contributed by atoms with van der Waals surface area (Å²) in [5.41, 5.74) is 9.58. The number of rotatable bonds is 2. The lowest BCUT2D eigenvalue weighted by Gasteiger charge is -2.21. The first-order valence-electron chi connectivity index (χ1n) is 6.29. The number of H-pyrrole nitrogens is 1. The fourth-order valence-electron chi connectivity index (χ4n) is 2.82. The SMILES string of the molecule is CNC1CCc2[nH]c3cc(C(N)=O)ccc3c2C1. The van der Waals surface area contributed by atoms with Crippen molar-refractivity contribution in [3.8, 4) is 0 Å². The van der Waals surface area contributed by atoms with Gasteiger partial charge in [0.1, 0.15) is 0 Å². The Hall–Kier alpha value is -1.81. The second-order valence-electron chi connectivity index (χ2n) is 4.94. The average Bonchev–Trinajstić information content (AvgIpc) is 2.75. The van der Waals surface area contributed by atoms with Crippen LogP contribution >= 0.6 is 0 Å². The molecule has 1 atom stereocenters. The zero-order valence-electron chi connectivity index (χ0n) is 10.4. The van der Waals surface area contributed by atoms with E-state index in [1.807, 2.05) is 25.2 Å². The number of aromatic nitrogens is 1. The van der Waals surface area contributed by atoms with Crippen molar-refractivity contribution in [2.24, 2.45) is 5.73 Å². The number of fused-ring (bicyclic) bond motifs is 3. The quantitative estimate of drug-likeness (QED) is 0.745. The van der Waals surface area contributed by atoms with Gasteiger partial charge in [-0.25, -0.2) is 0 Å². The molecule has 1 heterocycles. The van der Waals surface area contributed by atoms with E-state index in [1.54, 1.807) is 0 Å². The summed E-state index contributed by atoms with van der Waals surface area (Å²) in [5.74, 6) is -0.377. The number of hydrogen-bond acceptors (Lipinski definition) is 2. The molecule has 4 nitrogen and oxygen atoms in total. The van der Waals surface area contributed by atoms with Gasteiger partial charge in [-0.3, -0.25) is 4.79 Å². The molecule has 1 amide bonds. The van der Waals surface area contributed by atoms with Gasteiger partial charge in [-0.15, -0.1) is 0 Å². The Labute approximate surface area is 106 Å². The first kappa shape index (κ1) is 11.3. The zero-order valence-corrected chi connectivity index (χ0v) is 10.4. The van der Waals surface area contributed by atoms with Gasteiger partial charge in [0, 0.05) is 28.2 Å². The zero-order chi connectivity index (χ0) is 12.7. The van der Waals surface area contributed by atoms with Gasteiger partial charge in [-0.05, 0) is 44.0 Å². The second-order valence-corrected chi connectivity index (χ2v) is 4.94. The number of aromatic amines is 1. The van der Waals surface area contributed by atoms with E-state index in [2.05, 4.69) is 10.3 Å². The van der Waals surface area contributed by atoms with Crippen LogP contribution in [0.15, 0.2) is 18.2 Å². The predicted molar refractivity (Wildman–Crippen MR) is 71.7 cm³/mol. The van der Waals surface area contributed by atoms with Gasteiger partial charge >= 0.3 is 0 Å². The Morgan fingerprint density at radius 3 is 3.06 bits per heavy atom. The van der Waals surface area contributed by atoms with Crippen molar-refractivity contribution in [2.75, 3.05) is 7.05 Å². The van der Waals surface area contributed by atoms with E-state index in [0.717, 1.165) is 24.8 Å². The third kappa shape index (κ3) is 1.69. The smallest absolute Gasteiger partial charge is 0.248 e. The number of carbonyl (C=O) groups excluding carboxylic acids is 1. The lowest BCUT2D eigenvalue weighted by Crippen LogP contribution is -2.31. The maximum Gasteiger partial charge on any atom is 0.248 e. The van der Waals surface area contributed by atoms with Crippen LogP contribution in [0.3, 0.4) is 0 Å². The second kappa shape index (κ2) is 4.14. The van der Waals surface area contributed by atoms with Crippen LogP contribution < -0.4 is 11.1 Å². The minimum absolute atomic E-state index is 0.377. The fraction of sp³-hybridized carbons (Fsp3) is 0.357. The summed E-state index contributed by atoms with van der Waals surface area (Å²) >= 11 is 0. The van der Waals surface area contributed by atoms with E-state index in [0.29, 0.717) is 11.6 Å². The monoisotopic (exact) mass is 243 g/mol. The van der Waals surface area contributed by atoms with Crippen LogP contribution in [0, 0.1) is 0 Å². The molecule has 1 unspecified atom stereocenters. The summed E-state index contributed by atoms with van der Waals surface area (Å²) < 4.78 is 0. The molecule has 4 heteroatoms. The van der Waals surface area contributed by atoms with Gasteiger partial charge in [0.2, 0.25) is 5.91 Å². The number of nitrogens with two attached hydrogens (primary N) is 1. The van der Waals surface area contributed by atoms with Gasteiger partial charge in [0.05, 0.1) is 0 Å². The lowest BCUT2D eigenvalue weighted by molar-refractivity contribution is 0.100. The van der Waals surface area contributed by atoms with Gasteiger partial charge in [0.25, 0.3) is 0 Å². The number of primary amides is 1. The lowest BCUT2D eigenvalue weighted by atomic mass is 9.91.